The lowest BCUT2D eigenvalue weighted by atomic mass is 9.85. The van der Waals surface area contributed by atoms with Crippen LogP contribution in [0, 0.1) is 5.41 Å². The van der Waals surface area contributed by atoms with E-state index in [0.29, 0.717) is 0 Å². The number of hydrogen-bond acceptors (Lipinski definition) is 2. The van der Waals surface area contributed by atoms with Gasteiger partial charge in [0.25, 0.3) is 0 Å². The molecule has 1 aromatic carbocycles. The Hall–Kier alpha value is -1.02. The van der Waals surface area contributed by atoms with Gasteiger partial charge in [-0.3, -0.25) is 0 Å². The van der Waals surface area contributed by atoms with Crippen LogP contribution in [0.5, 0.6) is 0 Å². The lowest BCUT2D eigenvalue weighted by Crippen LogP contribution is -2.25. The Morgan fingerprint density at radius 3 is 2.93 bits per heavy atom. The SMILES string of the molecule is CC(C)(CN)Cc1ccc2c(c1)CCN2. The van der Waals surface area contributed by atoms with Gasteiger partial charge in [-0.05, 0) is 42.0 Å². The molecule has 82 valence electrons. The summed E-state index contributed by atoms with van der Waals surface area (Å²) in [6, 6.07) is 6.74. The van der Waals surface area contributed by atoms with Crippen molar-refractivity contribution < 1.29 is 0 Å². The molecule has 0 fully saturated rings. The largest absolute Gasteiger partial charge is 0.384 e. The van der Waals surface area contributed by atoms with Crippen LogP contribution in [-0.4, -0.2) is 13.1 Å². The first-order valence-corrected chi connectivity index (χ1v) is 5.66. The highest BCUT2D eigenvalue weighted by atomic mass is 14.9. The summed E-state index contributed by atoms with van der Waals surface area (Å²) in [5.41, 5.74) is 10.1. The number of nitrogens with two attached hydrogens (primary N) is 1. The van der Waals surface area contributed by atoms with E-state index < -0.39 is 0 Å². The van der Waals surface area contributed by atoms with E-state index in [9.17, 15) is 0 Å². The van der Waals surface area contributed by atoms with E-state index in [1.165, 1.54) is 16.8 Å². The minimum Gasteiger partial charge on any atom is -0.384 e. The van der Waals surface area contributed by atoms with E-state index in [0.717, 1.165) is 25.9 Å². The van der Waals surface area contributed by atoms with Crippen molar-refractivity contribution in [1.29, 1.82) is 0 Å². The van der Waals surface area contributed by atoms with E-state index >= 15 is 0 Å². The maximum Gasteiger partial charge on any atom is 0.0373 e. The molecule has 0 unspecified atom stereocenters. The van der Waals surface area contributed by atoms with Crippen LogP contribution in [0.2, 0.25) is 0 Å². The fraction of sp³-hybridized carbons (Fsp3) is 0.538. The lowest BCUT2D eigenvalue weighted by Gasteiger charge is -2.22. The molecule has 2 rings (SSSR count). The lowest BCUT2D eigenvalue weighted by molar-refractivity contribution is 0.377. The molecule has 1 aliphatic heterocycles. The molecule has 2 nitrogen and oxygen atoms in total. The third kappa shape index (κ3) is 2.32. The number of fused-ring (bicyclic) bond motifs is 1. The predicted molar refractivity (Wildman–Crippen MR) is 65.2 cm³/mol. The Bertz CT molecular complexity index is 356. The summed E-state index contributed by atoms with van der Waals surface area (Å²) in [7, 11) is 0. The Morgan fingerprint density at radius 1 is 1.40 bits per heavy atom. The summed E-state index contributed by atoms with van der Waals surface area (Å²) in [5.74, 6) is 0. The van der Waals surface area contributed by atoms with Gasteiger partial charge in [0, 0.05) is 12.2 Å². The average Bonchev–Trinajstić information content (AvgIpc) is 2.64. The van der Waals surface area contributed by atoms with E-state index in [1.54, 1.807) is 0 Å². The molecule has 15 heavy (non-hydrogen) atoms. The topological polar surface area (TPSA) is 38.0 Å². The fourth-order valence-electron chi connectivity index (χ4n) is 2.09. The second-order valence-corrected chi connectivity index (χ2v) is 5.21. The second kappa shape index (κ2) is 3.86. The first-order valence-electron chi connectivity index (χ1n) is 5.66. The summed E-state index contributed by atoms with van der Waals surface area (Å²) in [6.07, 6.45) is 2.23. The molecule has 0 saturated heterocycles. The molecular formula is C13H20N2. The molecule has 3 N–H and O–H groups in total. The van der Waals surface area contributed by atoms with Crippen LogP contribution in [0.3, 0.4) is 0 Å². The number of anilines is 1. The summed E-state index contributed by atoms with van der Waals surface area (Å²) in [6.45, 7) is 6.26. The van der Waals surface area contributed by atoms with Crippen molar-refractivity contribution in [3.63, 3.8) is 0 Å². The van der Waals surface area contributed by atoms with Crippen molar-refractivity contribution in [1.82, 2.24) is 0 Å². The van der Waals surface area contributed by atoms with E-state index in [4.69, 9.17) is 5.73 Å². The zero-order chi connectivity index (χ0) is 10.9. The molecule has 0 spiro atoms. The Balaban J connectivity index is 2.17. The van der Waals surface area contributed by atoms with Gasteiger partial charge in [0.1, 0.15) is 0 Å². The van der Waals surface area contributed by atoms with Crippen molar-refractivity contribution in [3.05, 3.63) is 29.3 Å². The van der Waals surface area contributed by atoms with Gasteiger partial charge >= 0.3 is 0 Å². The molecule has 2 heteroatoms. The minimum atomic E-state index is 0.209. The van der Waals surface area contributed by atoms with Gasteiger partial charge in [-0.2, -0.15) is 0 Å². The quantitative estimate of drug-likeness (QED) is 0.792. The van der Waals surface area contributed by atoms with Gasteiger partial charge in [0.05, 0.1) is 0 Å². The van der Waals surface area contributed by atoms with Gasteiger partial charge in [-0.1, -0.05) is 26.0 Å². The van der Waals surface area contributed by atoms with Gasteiger partial charge in [0.15, 0.2) is 0 Å². The van der Waals surface area contributed by atoms with Crippen LogP contribution in [0.15, 0.2) is 18.2 Å². The van der Waals surface area contributed by atoms with Gasteiger partial charge < -0.3 is 11.1 Å². The number of nitrogens with one attached hydrogen (secondary N) is 1. The van der Waals surface area contributed by atoms with Crippen molar-refractivity contribution in [2.24, 2.45) is 11.1 Å². The summed E-state index contributed by atoms with van der Waals surface area (Å²) in [5, 5.41) is 3.38. The summed E-state index contributed by atoms with van der Waals surface area (Å²) >= 11 is 0. The molecule has 0 saturated carbocycles. The zero-order valence-corrected chi connectivity index (χ0v) is 9.64. The fourth-order valence-corrected chi connectivity index (χ4v) is 2.09. The van der Waals surface area contributed by atoms with Crippen LogP contribution in [-0.2, 0) is 12.8 Å². The van der Waals surface area contributed by atoms with Gasteiger partial charge in [-0.25, -0.2) is 0 Å². The Labute approximate surface area is 91.9 Å². The van der Waals surface area contributed by atoms with Crippen LogP contribution in [0.25, 0.3) is 0 Å². The van der Waals surface area contributed by atoms with Crippen molar-refractivity contribution in [2.45, 2.75) is 26.7 Å². The molecule has 1 aliphatic rings. The van der Waals surface area contributed by atoms with Crippen molar-refractivity contribution >= 4 is 5.69 Å². The highest BCUT2D eigenvalue weighted by Crippen LogP contribution is 2.26. The summed E-state index contributed by atoms with van der Waals surface area (Å²) in [4.78, 5) is 0. The predicted octanol–water partition coefficient (Wildman–Crippen LogP) is 2.18. The maximum absolute atomic E-state index is 5.75. The van der Waals surface area contributed by atoms with Crippen LogP contribution in [0.1, 0.15) is 25.0 Å². The van der Waals surface area contributed by atoms with E-state index in [-0.39, 0.29) is 5.41 Å². The van der Waals surface area contributed by atoms with E-state index in [2.05, 4.69) is 37.4 Å². The highest BCUT2D eigenvalue weighted by Gasteiger charge is 2.17. The highest BCUT2D eigenvalue weighted by molar-refractivity contribution is 5.56. The molecule has 1 aromatic rings. The minimum absolute atomic E-state index is 0.209. The summed E-state index contributed by atoms with van der Waals surface area (Å²) < 4.78 is 0. The van der Waals surface area contributed by atoms with Crippen molar-refractivity contribution in [3.8, 4) is 0 Å². The molecule has 0 atom stereocenters. The standard InChI is InChI=1S/C13H20N2/c1-13(2,9-14)8-10-3-4-12-11(7-10)5-6-15-12/h3-4,7,15H,5-6,8-9,14H2,1-2H3. The number of hydrogen-bond donors (Lipinski definition) is 2. The van der Waals surface area contributed by atoms with Gasteiger partial charge in [-0.15, -0.1) is 0 Å². The first-order chi connectivity index (χ1) is 7.11. The molecule has 0 aliphatic carbocycles. The molecule has 0 bridgehead atoms. The third-order valence-electron chi connectivity index (χ3n) is 3.11. The van der Waals surface area contributed by atoms with E-state index in [1.807, 2.05) is 0 Å². The van der Waals surface area contributed by atoms with Crippen LogP contribution in [0.4, 0.5) is 5.69 Å². The molecule has 0 amide bonds. The smallest absolute Gasteiger partial charge is 0.0373 e. The second-order valence-electron chi connectivity index (χ2n) is 5.21. The van der Waals surface area contributed by atoms with Gasteiger partial charge in [0.2, 0.25) is 0 Å². The first kappa shape index (κ1) is 10.5. The monoisotopic (exact) mass is 204 g/mol. The Morgan fingerprint density at radius 2 is 2.20 bits per heavy atom. The third-order valence-corrected chi connectivity index (χ3v) is 3.11. The number of rotatable bonds is 3. The normalized spacial score (nSPS) is 14.9. The van der Waals surface area contributed by atoms with Crippen LogP contribution < -0.4 is 11.1 Å². The molecule has 0 aromatic heterocycles. The maximum atomic E-state index is 5.75. The zero-order valence-electron chi connectivity index (χ0n) is 9.64. The van der Waals surface area contributed by atoms with Crippen molar-refractivity contribution in [2.75, 3.05) is 18.4 Å². The Kier molecular flexibility index (Phi) is 2.70. The molecule has 0 radical (unpaired) electrons. The number of benzene rings is 1. The molecular weight excluding hydrogens is 184 g/mol. The average molecular weight is 204 g/mol. The van der Waals surface area contributed by atoms with Crippen LogP contribution >= 0.6 is 0 Å². The molecule has 1 heterocycles.